The van der Waals surface area contributed by atoms with E-state index in [4.69, 9.17) is 10.8 Å². The van der Waals surface area contributed by atoms with E-state index in [0.29, 0.717) is 4.88 Å². The maximum atomic E-state index is 10.4. The van der Waals surface area contributed by atoms with Crippen molar-refractivity contribution in [2.75, 3.05) is 0 Å². The quantitative estimate of drug-likeness (QED) is 0.819. The number of aliphatic carboxylic acids is 1. The van der Waals surface area contributed by atoms with Gasteiger partial charge in [0.15, 0.2) is 0 Å². The summed E-state index contributed by atoms with van der Waals surface area (Å²) in [6.45, 7) is 0. The minimum atomic E-state index is -1.00. The second-order valence-electron chi connectivity index (χ2n) is 1.96. The molecular weight excluding hydrogens is 230 g/mol. The Kier molecular flexibility index (Phi) is 2.64. The van der Waals surface area contributed by atoms with Crippen LogP contribution in [0.4, 0.5) is 0 Å². The van der Waals surface area contributed by atoms with Gasteiger partial charge in [-0.05, 0) is 28.1 Å². The Balaban J connectivity index is 2.84. The van der Waals surface area contributed by atoms with Crippen LogP contribution in [-0.4, -0.2) is 11.1 Å². The van der Waals surface area contributed by atoms with Crippen LogP contribution in [0.1, 0.15) is 10.9 Å². The first-order chi connectivity index (χ1) is 5.11. The molecule has 5 heteroatoms. The molecule has 0 saturated carbocycles. The van der Waals surface area contributed by atoms with Crippen LogP contribution in [-0.2, 0) is 4.79 Å². The largest absolute Gasteiger partial charge is 0.480 e. The molecule has 1 unspecified atom stereocenters. The normalized spacial score (nSPS) is 12.9. The van der Waals surface area contributed by atoms with Crippen molar-refractivity contribution in [2.45, 2.75) is 6.04 Å². The molecule has 0 aliphatic rings. The van der Waals surface area contributed by atoms with Crippen molar-refractivity contribution in [3.8, 4) is 0 Å². The number of carboxylic acid groups (broad SMARTS) is 1. The molecule has 1 atom stereocenters. The molecule has 0 amide bonds. The zero-order chi connectivity index (χ0) is 8.43. The number of hydrogen-bond donors (Lipinski definition) is 2. The van der Waals surface area contributed by atoms with Gasteiger partial charge in [0, 0.05) is 4.88 Å². The maximum absolute atomic E-state index is 10.4. The first-order valence-corrected chi connectivity index (χ1v) is 4.46. The molecule has 0 fully saturated rings. The highest BCUT2D eigenvalue weighted by Gasteiger charge is 2.15. The molecule has 0 spiro atoms. The van der Waals surface area contributed by atoms with Gasteiger partial charge in [-0.2, -0.15) is 0 Å². The van der Waals surface area contributed by atoms with E-state index < -0.39 is 12.0 Å². The molecule has 60 valence electrons. The molecule has 0 aliphatic carbocycles. The summed E-state index contributed by atoms with van der Waals surface area (Å²) in [5, 5.41) is 8.51. The van der Waals surface area contributed by atoms with Crippen LogP contribution in [0.3, 0.4) is 0 Å². The summed E-state index contributed by atoms with van der Waals surface area (Å²) in [6.07, 6.45) is 0. The Morgan fingerprint density at radius 2 is 2.36 bits per heavy atom. The van der Waals surface area contributed by atoms with Crippen LogP contribution in [0.2, 0.25) is 0 Å². The molecule has 1 heterocycles. The molecule has 0 aliphatic heterocycles. The van der Waals surface area contributed by atoms with Gasteiger partial charge < -0.3 is 10.8 Å². The Morgan fingerprint density at radius 1 is 1.73 bits per heavy atom. The number of rotatable bonds is 2. The highest BCUT2D eigenvalue weighted by atomic mass is 79.9. The number of halogens is 1. The van der Waals surface area contributed by atoms with E-state index in [1.54, 1.807) is 12.1 Å². The van der Waals surface area contributed by atoms with Gasteiger partial charge in [-0.25, -0.2) is 0 Å². The van der Waals surface area contributed by atoms with Crippen molar-refractivity contribution in [3.63, 3.8) is 0 Å². The van der Waals surface area contributed by atoms with Gasteiger partial charge in [-0.3, -0.25) is 4.79 Å². The lowest BCUT2D eigenvalue weighted by Crippen LogP contribution is -2.19. The van der Waals surface area contributed by atoms with Crippen LogP contribution in [0, 0.1) is 0 Å². The van der Waals surface area contributed by atoms with E-state index in [1.165, 1.54) is 11.3 Å². The Hall–Kier alpha value is -0.390. The van der Waals surface area contributed by atoms with E-state index in [1.807, 2.05) is 0 Å². The molecular formula is C6H6BrNO2S. The highest BCUT2D eigenvalue weighted by Crippen LogP contribution is 2.25. The summed E-state index contributed by atoms with van der Waals surface area (Å²) in [5.41, 5.74) is 5.34. The summed E-state index contributed by atoms with van der Waals surface area (Å²) in [5.74, 6) is -1.00. The van der Waals surface area contributed by atoms with Crippen molar-refractivity contribution in [1.29, 1.82) is 0 Å². The van der Waals surface area contributed by atoms with Crippen molar-refractivity contribution >= 4 is 33.2 Å². The number of carbonyl (C=O) groups is 1. The lowest BCUT2D eigenvalue weighted by Gasteiger charge is -2.00. The fraction of sp³-hybridized carbons (Fsp3) is 0.167. The monoisotopic (exact) mass is 235 g/mol. The Labute approximate surface area is 76.0 Å². The summed E-state index contributed by atoms with van der Waals surface area (Å²) < 4.78 is 0.893. The van der Waals surface area contributed by atoms with Crippen LogP contribution in [0.15, 0.2) is 15.9 Å². The Morgan fingerprint density at radius 3 is 2.73 bits per heavy atom. The zero-order valence-corrected chi connectivity index (χ0v) is 7.85. The summed E-state index contributed by atoms with van der Waals surface area (Å²) >= 11 is 4.55. The second kappa shape index (κ2) is 3.34. The van der Waals surface area contributed by atoms with Crippen LogP contribution >= 0.6 is 27.3 Å². The van der Waals surface area contributed by atoms with Crippen LogP contribution in [0.25, 0.3) is 0 Å². The molecule has 1 aromatic rings. The van der Waals surface area contributed by atoms with E-state index in [-0.39, 0.29) is 0 Å². The standard InChI is InChI=1S/C6H6BrNO2S/c7-4-2-1-3(11-4)5(8)6(9)10/h1-2,5H,8H2,(H,9,10). The molecule has 0 aromatic carbocycles. The van der Waals surface area contributed by atoms with E-state index in [9.17, 15) is 4.79 Å². The zero-order valence-electron chi connectivity index (χ0n) is 5.45. The van der Waals surface area contributed by atoms with E-state index >= 15 is 0 Å². The lowest BCUT2D eigenvalue weighted by atomic mass is 10.3. The summed E-state index contributed by atoms with van der Waals surface area (Å²) in [7, 11) is 0. The third-order valence-corrected chi connectivity index (χ3v) is 2.87. The van der Waals surface area contributed by atoms with Crippen molar-refractivity contribution in [2.24, 2.45) is 5.73 Å². The molecule has 3 N–H and O–H groups in total. The fourth-order valence-electron chi connectivity index (χ4n) is 0.617. The number of nitrogens with two attached hydrogens (primary N) is 1. The third kappa shape index (κ3) is 2.02. The SMILES string of the molecule is NC(C(=O)O)c1ccc(Br)s1. The van der Waals surface area contributed by atoms with Crippen molar-refractivity contribution in [3.05, 3.63) is 20.8 Å². The van der Waals surface area contributed by atoms with Gasteiger partial charge in [0.1, 0.15) is 6.04 Å². The molecule has 1 aromatic heterocycles. The predicted octanol–water partition coefficient (Wildman–Crippen LogP) is 1.59. The highest BCUT2D eigenvalue weighted by molar-refractivity contribution is 9.11. The average Bonchev–Trinajstić information content (AvgIpc) is 2.34. The smallest absolute Gasteiger partial charge is 0.325 e. The van der Waals surface area contributed by atoms with Gasteiger partial charge in [-0.1, -0.05) is 0 Å². The van der Waals surface area contributed by atoms with E-state index in [2.05, 4.69) is 15.9 Å². The van der Waals surface area contributed by atoms with Gasteiger partial charge in [0.25, 0.3) is 0 Å². The lowest BCUT2D eigenvalue weighted by molar-refractivity contribution is -0.138. The van der Waals surface area contributed by atoms with Crippen LogP contribution < -0.4 is 5.73 Å². The predicted molar refractivity (Wildman–Crippen MR) is 46.6 cm³/mol. The molecule has 0 radical (unpaired) electrons. The molecule has 0 saturated heterocycles. The second-order valence-corrected chi connectivity index (χ2v) is 4.45. The van der Waals surface area contributed by atoms with Gasteiger partial charge >= 0.3 is 5.97 Å². The third-order valence-electron chi connectivity index (χ3n) is 1.17. The molecule has 3 nitrogen and oxygen atoms in total. The first kappa shape index (κ1) is 8.70. The molecule has 0 bridgehead atoms. The topological polar surface area (TPSA) is 63.3 Å². The van der Waals surface area contributed by atoms with E-state index in [0.717, 1.165) is 3.79 Å². The first-order valence-electron chi connectivity index (χ1n) is 2.85. The van der Waals surface area contributed by atoms with Gasteiger partial charge in [0.05, 0.1) is 3.79 Å². The maximum Gasteiger partial charge on any atom is 0.325 e. The number of hydrogen-bond acceptors (Lipinski definition) is 3. The fourth-order valence-corrected chi connectivity index (χ4v) is 2.04. The minimum Gasteiger partial charge on any atom is -0.480 e. The van der Waals surface area contributed by atoms with Gasteiger partial charge in [-0.15, -0.1) is 11.3 Å². The van der Waals surface area contributed by atoms with Gasteiger partial charge in [0.2, 0.25) is 0 Å². The average molecular weight is 236 g/mol. The van der Waals surface area contributed by atoms with Crippen molar-refractivity contribution in [1.82, 2.24) is 0 Å². The summed E-state index contributed by atoms with van der Waals surface area (Å²) in [6, 6.07) is 2.59. The van der Waals surface area contributed by atoms with Crippen molar-refractivity contribution < 1.29 is 9.90 Å². The Bertz CT molecular complexity index is 273. The molecule has 11 heavy (non-hydrogen) atoms. The molecule has 1 rings (SSSR count). The minimum absolute atomic E-state index is 0.657. The van der Waals surface area contributed by atoms with Crippen LogP contribution in [0.5, 0.6) is 0 Å². The number of carboxylic acids is 1. The summed E-state index contributed by atoms with van der Waals surface area (Å²) in [4.78, 5) is 11.0. The number of thiophene rings is 1.